The van der Waals surface area contributed by atoms with E-state index in [0.29, 0.717) is 24.1 Å². The Bertz CT molecular complexity index is 1060. The average molecular weight is 516 g/mol. The van der Waals surface area contributed by atoms with Crippen molar-refractivity contribution < 1.29 is 28.2 Å². The van der Waals surface area contributed by atoms with Crippen LogP contribution in [0.15, 0.2) is 42.5 Å². The average Bonchev–Trinajstić information content (AvgIpc) is 3.29. The predicted octanol–water partition coefficient (Wildman–Crippen LogP) is 5.78. The molecule has 1 fully saturated rings. The number of aryl methyl sites for hydroxylation is 1. The lowest BCUT2D eigenvalue weighted by Crippen LogP contribution is -2.39. The van der Waals surface area contributed by atoms with Crippen LogP contribution in [-0.2, 0) is 20.7 Å². The first kappa shape index (κ1) is 29.0. The number of hydrogen-bond donors (Lipinski definition) is 1. The van der Waals surface area contributed by atoms with Gasteiger partial charge in [0.05, 0.1) is 25.4 Å². The number of nitrogens with zero attached hydrogens (tertiary/aromatic N) is 1. The number of likely N-dealkylation sites (tertiary alicyclic amines) is 1. The van der Waals surface area contributed by atoms with Crippen molar-refractivity contribution in [1.82, 2.24) is 4.90 Å². The summed E-state index contributed by atoms with van der Waals surface area (Å²) in [7, 11) is 0. The number of esters is 1. The molecule has 1 heterocycles. The van der Waals surface area contributed by atoms with Crippen LogP contribution in [0.4, 0.5) is 8.78 Å². The molecule has 5 nitrogen and oxygen atoms in total. The molecule has 1 saturated heterocycles. The van der Waals surface area contributed by atoms with Crippen LogP contribution in [0.25, 0.3) is 6.08 Å². The topological polar surface area (TPSA) is 59.0 Å². The Kier molecular flexibility index (Phi) is 11.2. The van der Waals surface area contributed by atoms with Crippen molar-refractivity contribution in [3.63, 3.8) is 0 Å². The van der Waals surface area contributed by atoms with E-state index in [1.54, 1.807) is 32.0 Å². The Morgan fingerprint density at radius 1 is 1.22 bits per heavy atom. The van der Waals surface area contributed by atoms with Gasteiger partial charge in [-0.15, -0.1) is 0 Å². The zero-order valence-electron chi connectivity index (χ0n) is 22.1. The Morgan fingerprint density at radius 3 is 2.76 bits per heavy atom. The molecule has 1 aliphatic rings. The van der Waals surface area contributed by atoms with E-state index in [4.69, 9.17) is 9.47 Å². The van der Waals surface area contributed by atoms with Crippen molar-refractivity contribution in [2.75, 3.05) is 26.3 Å². The number of carbonyl (C=O) groups excluding carboxylic acids is 1. The third kappa shape index (κ3) is 8.45. The van der Waals surface area contributed by atoms with Gasteiger partial charge in [-0.05, 0) is 81.0 Å². The smallest absolute Gasteiger partial charge is 0.330 e. The number of rotatable bonds is 13. The molecule has 0 unspecified atom stereocenters. The van der Waals surface area contributed by atoms with Gasteiger partial charge in [-0.3, -0.25) is 4.90 Å². The minimum Gasteiger partial charge on any atom is -0.463 e. The van der Waals surface area contributed by atoms with E-state index in [2.05, 4.69) is 4.90 Å². The molecule has 2 aromatic rings. The van der Waals surface area contributed by atoms with Gasteiger partial charge in [0.2, 0.25) is 0 Å². The van der Waals surface area contributed by atoms with Gasteiger partial charge in [0.1, 0.15) is 11.6 Å². The molecule has 1 aliphatic heterocycles. The van der Waals surface area contributed by atoms with Gasteiger partial charge in [0, 0.05) is 24.2 Å². The van der Waals surface area contributed by atoms with Gasteiger partial charge < -0.3 is 14.6 Å². The summed E-state index contributed by atoms with van der Waals surface area (Å²) in [5, 5.41) is 10.8. The van der Waals surface area contributed by atoms with Crippen LogP contribution in [0.2, 0.25) is 0 Å². The second-order valence-corrected chi connectivity index (χ2v) is 9.67. The molecule has 7 heteroatoms. The molecule has 37 heavy (non-hydrogen) atoms. The summed E-state index contributed by atoms with van der Waals surface area (Å²) in [5.74, 6) is -1.17. The van der Waals surface area contributed by atoms with Crippen molar-refractivity contribution in [2.45, 2.75) is 71.1 Å². The third-order valence-corrected chi connectivity index (χ3v) is 6.80. The molecule has 0 aromatic heterocycles. The van der Waals surface area contributed by atoms with Crippen LogP contribution in [0, 0.1) is 18.6 Å². The lowest BCUT2D eigenvalue weighted by atomic mass is 9.98. The predicted molar refractivity (Wildman–Crippen MR) is 141 cm³/mol. The maximum absolute atomic E-state index is 14.7. The fourth-order valence-corrected chi connectivity index (χ4v) is 4.90. The molecule has 0 spiro atoms. The van der Waals surface area contributed by atoms with E-state index in [0.717, 1.165) is 37.8 Å². The van der Waals surface area contributed by atoms with Crippen LogP contribution in [-0.4, -0.2) is 54.4 Å². The fraction of sp³-hybridized carbons (Fsp3) is 0.500. The van der Waals surface area contributed by atoms with Crippen molar-refractivity contribution in [2.24, 2.45) is 0 Å². The molecule has 3 rings (SSSR count). The number of ether oxygens (including phenoxy) is 2. The van der Waals surface area contributed by atoms with Crippen molar-refractivity contribution in [1.29, 1.82) is 0 Å². The highest BCUT2D eigenvalue weighted by Gasteiger charge is 2.27. The van der Waals surface area contributed by atoms with Crippen LogP contribution in [0.1, 0.15) is 67.9 Å². The SMILES string of the molecule is CCC[C@@H](OC[C@H](O)CN1CCC[C@H]1Cc1ccc(C)c(F)c1)c1cccc(F)c1/C=C/C(=O)OCC. The Balaban J connectivity index is 1.63. The number of halogens is 2. The van der Waals surface area contributed by atoms with E-state index < -0.39 is 24.0 Å². The van der Waals surface area contributed by atoms with E-state index in [9.17, 15) is 18.7 Å². The van der Waals surface area contributed by atoms with Gasteiger partial charge in [-0.25, -0.2) is 13.6 Å². The Labute approximate surface area is 219 Å². The summed E-state index contributed by atoms with van der Waals surface area (Å²) in [4.78, 5) is 14.0. The number of carbonyl (C=O) groups is 1. The van der Waals surface area contributed by atoms with Crippen LogP contribution < -0.4 is 0 Å². The van der Waals surface area contributed by atoms with Gasteiger partial charge >= 0.3 is 5.97 Å². The highest BCUT2D eigenvalue weighted by molar-refractivity contribution is 5.87. The van der Waals surface area contributed by atoms with E-state index in [1.807, 2.05) is 19.1 Å². The molecule has 2 aromatic carbocycles. The summed E-state index contributed by atoms with van der Waals surface area (Å²) in [5.41, 5.74) is 2.52. The molecule has 0 aliphatic carbocycles. The number of aliphatic hydroxyl groups is 1. The summed E-state index contributed by atoms with van der Waals surface area (Å²) in [6, 6.07) is 10.4. The van der Waals surface area contributed by atoms with Gasteiger partial charge in [0.25, 0.3) is 0 Å². The molecule has 0 amide bonds. The quantitative estimate of drug-likeness (QED) is 0.271. The maximum atomic E-state index is 14.7. The number of hydrogen-bond acceptors (Lipinski definition) is 5. The van der Waals surface area contributed by atoms with E-state index in [-0.39, 0.29) is 30.6 Å². The highest BCUT2D eigenvalue weighted by atomic mass is 19.1. The Hall–Kier alpha value is -2.61. The maximum Gasteiger partial charge on any atom is 0.330 e. The summed E-state index contributed by atoms with van der Waals surface area (Å²) >= 11 is 0. The van der Waals surface area contributed by atoms with Crippen molar-refractivity contribution >= 4 is 12.0 Å². The monoisotopic (exact) mass is 515 g/mol. The molecule has 0 bridgehead atoms. The molecule has 202 valence electrons. The molecule has 0 radical (unpaired) electrons. The molecular formula is C30H39F2NO4. The standard InChI is InChI=1S/C30H39F2NO4/c1-4-8-29(26-10-6-11-27(31)25(26)14-15-30(35)36-5-2)37-20-24(34)19-33-16-7-9-23(33)17-22-13-12-21(3)28(32)18-22/h6,10-15,18,23-24,29,34H,4-5,7-9,16-17,19-20H2,1-3H3/b15-14+/t23-,24+,29+/m0/s1. The minimum absolute atomic E-state index is 0.102. The van der Waals surface area contributed by atoms with Crippen LogP contribution in [0.5, 0.6) is 0 Å². The van der Waals surface area contributed by atoms with Crippen molar-refractivity contribution in [3.8, 4) is 0 Å². The van der Waals surface area contributed by atoms with Gasteiger partial charge in [-0.2, -0.15) is 0 Å². The number of β-amino-alcohol motifs (C(OH)–C–C–N with tert-alkyl or cyclic N) is 1. The fourth-order valence-electron chi connectivity index (χ4n) is 4.90. The molecule has 1 N–H and O–H groups in total. The summed E-state index contributed by atoms with van der Waals surface area (Å²) in [6.45, 7) is 7.16. The lowest BCUT2D eigenvalue weighted by Gasteiger charge is -2.28. The highest BCUT2D eigenvalue weighted by Crippen LogP contribution is 2.29. The van der Waals surface area contributed by atoms with Crippen molar-refractivity contribution in [3.05, 3.63) is 76.4 Å². The first-order valence-electron chi connectivity index (χ1n) is 13.2. The van der Waals surface area contributed by atoms with E-state index in [1.165, 1.54) is 18.2 Å². The Morgan fingerprint density at radius 2 is 2.03 bits per heavy atom. The minimum atomic E-state index is -0.721. The number of benzene rings is 2. The first-order chi connectivity index (χ1) is 17.8. The van der Waals surface area contributed by atoms with Gasteiger partial charge in [-0.1, -0.05) is 37.6 Å². The second-order valence-electron chi connectivity index (χ2n) is 9.67. The number of aliphatic hydroxyl groups excluding tert-OH is 1. The van der Waals surface area contributed by atoms with Gasteiger partial charge in [0.15, 0.2) is 0 Å². The van der Waals surface area contributed by atoms with E-state index >= 15 is 0 Å². The van der Waals surface area contributed by atoms with Crippen LogP contribution in [0.3, 0.4) is 0 Å². The summed E-state index contributed by atoms with van der Waals surface area (Å²) in [6.07, 6.45) is 5.71. The summed E-state index contributed by atoms with van der Waals surface area (Å²) < 4.78 is 39.7. The third-order valence-electron chi connectivity index (χ3n) is 6.80. The first-order valence-corrected chi connectivity index (χ1v) is 13.2. The molecule has 0 saturated carbocycles. The van der Waals surface area contributed by atoms with Crippen LogP contribution >= 0.6 is 0 Å². The largest absolute Gasteiger partial charge is 0.463 e. The zero-order valence-corrected chi connectivity index (χ0v) is 22.1. The normalized spacial score (nSPS) is 17.8. The second kappa shape index (κ2) is 14.4. The lowest BCUT2D eigenvalue weighted by molar-refractivity contribution is -0.137. The zero-order chi connectivity index (χ0) is 26.8. The molecule has 3 atom stereocenters. The molecular weight excluding hydrogens is 476 g/mol.